The van der Waals surface area contributed by atoms with Crippen LogP contribution < -0.4 is 15.5 Å². The highest BCUT2D eigenvalue weighted by Crippen LogP contribution is 2.23. The Morgan fingerprint density at radius 2 is 1.89 bits per heavy atom. The van der Waals surface area contributed by atoms with Crippen molar-refractivity contribution >= 4 is 23.1 Å². The van der Waals surface area contributed by atoms with Gasteiger partial charge in [-0.2, -0.15) is 10.2 Å². The van der Waals surface area contributed by atoms with E-state index in [4.69, 9.17) is 9.72 Å². The maximum absolute atomic E-state index is 13.2. The summed E-state index contributed by atoms with van der Waals surface area (Å²) in [4.78, 5) is 24.6. The van der Waals surface area contributed by atoms with Gasteiger partial charge in [-0.25, -0.2) is 14.5 Å². The van der Waals surface area contributed by atoms with Gasteiger partial charge >= 0.3 is 0 Å². The van der Waals surface area contributed by atoms with Gasteiger partial charge in [0.1, 0.15) is 17.7 Å². The van der Waals surface area contributed by atoms with Crippen molar-refractivity contribution in [1.29, 1.82) is 0 Å². The maximum Gasteiger partial charge on any atom is 0.261 e. The molecule has 0 bridgehead atoms. The van der Waals surface area contributed by atoms with Crippen molar-refractivity contribution in [3.05, 3.63) is 54.6 Å². The summed E-state index contributed by atoms with van der Waals surface area (Å²) in [5.41, 5.74) is 2.46. The summed E-state index contributed by atoms with van der Waals surface area (Å²) < 4.78 is 8.77. The fourth-order valence-corrected chi connectivity index (χ4v) is 5.07. The summed E-state index contributed by atoms with van der Waals surface area (Å²) in [6.45, 7) is 3.56. The normalized spacial score (nSPS) is 17.4. The fraction of sp³-hybridized carbons (Fsp3) is 0.423. The van der Waals surface area contributed by atoms with Crippen LogP contribution in [0.5, 0.6) is 0 Å². The molecule has 192 valence electrons. The van der Waals surface area contributed by atoms with Crippen molar-refractivity contribution < 1.29 is 9.53 Å². The highest BCUT2D eigenvalue weighted by atomic mass is 16.5. The summed E-state index contributed by atoms with van der Waals surface area (Å²) in [6, 6.07) is 10.5. The Bertz CT molecular complexity index is 1380. The van der Waals surface area contributed by atoms with Crippen molar-refractivity contribution in [2.45, 2.75) is 37.8 Å². The molecule has 6 rings (SSSR count). The smallest absolute Gasteiger partial charge is 0.261 e. The minimum atomic E-state index is -0.259. The van der Waals surface area contributed by atoms with Crippen LogP contribution in [0.3, 0.4) is 0 Å². The summed E-state index contributed by atoms with van der Waals surface area (Å²) >= 11 is 0. The molecule has 2 aliphatic heterocycles. The zero-order valence-electron chi connectivity index (χ0n) is 20.9. The summed E-state index contributed by atoms with van der Waals surface area (Å²) in [5.74, 6) is 1.22. The van der Waals surface area contributed by atoms with E-state index in [2.05, 4.69) is 30.7 Å². The summed E-state index contributed by atoms with van der Waals surface area (Å²) in [6.07, 6.45) is 9.40. The third-order valence-corrected chi connectivity index (χ3v) is 7.09. The van der Waals surface area contributed by atoms with Gasteiger partial charge in [-0.15, -0.1) is 0 Å². The van der Waals surface area contributed by atoms with Gasteiger partial charge in [0.05, 0.1) is 6.20 Å². The first-order valence-corrected chi connectivity index (χ1v) is 12.8. The van der Waals surface area contributed by atoms with Crippen molar-refractivity contribution in [2.75, 3.05) is 36.5 Å². The van der Waals surface area contributed by atoms with Crippen molar-refractivity contribution in [1.82, 2.24) is 34.7 Å². The minimum Gasteiger partial charge on any atom is -0.381 e. The number of aromatic nitrogens is 6. The number of amides is 1. The molecule has 1 aromatic carbocycles. The number of benzene rings is 1. The van der Waals surface area contributed by atoms with E-state index in [0.29, 0.717) is 34.8 Å². The first-order valence-electron chi connectivity index (χ1n) is 12.8. The quantitative estimate of drug-likeness (QED) is 0.414. The van der Waals surface area contributed by atoms with Crippen LogP contribution in [0.2, 0.25) is 0 Å². The number of hydrogen-bond acceptors (Lipinski definition) is 8. The Labute approximate surface area is 214 Å². The molecule has 37 heavy (non-hydrogen) atoms. The molecule has 0 saturated carbocycles. The molecule has 0 spiro atoms. The van der Waals surface area contributed by atoms with E-state index in [0.717, 1.165) is 63.4 Å². The number of anilines is 2. The summed E-state index contributed by atoms with van der Waals surface area (Å²) in [7, 11) is 1.82. The monoisotopic (exact) mass is 501 g/mol. The van der Waals surface area contributed by atoms with Crippen molar-refractivity contribution in [3.63, 3.8) is 0 Å². The highest BCUT2D eigenvalue weighted by Gasteiger charge is 2.24. The second-order valence-electron chi connectivity index (χ2n) is 9.70. The lowest BCUT2D eigenvalue weighted by atomic mass is 10.0. The standard InChI is InChI=1S/C26H31N9O2/c1-33-17-27-24(32-33)18-3-2-4-21(15-18)30-26(36)22-16-28-35-12-7-23(31-25(22)35)34-10-5-19(6-11-34)29-20-8-13-37-14-9-20/h2-4,7,12,15-17,19-20,29H,5-6,8-11,13-14H2,1H3,(H,30,36). The van der Waals surface area contributed by atoms with E-state index in [1.165, 1.54) is 0 Å². The van der Waals surface area contributed by atoms with E-state index in [9.17, 15) is 4.79 Å². The van der Waals surface area contributed by atoms with Crippen LogP contribution >= 0.6 is 0 Å². The number of fused-ring (bicyclic) bond motifs is 1. The molecule has 11 heteroatoms. The van der Waals surface area contributed by atoms with Gasteiger partial charge < -0.3 is 20.3 Å². The molecule has 4 aromatic rings. The van der Waals surface area contributed by atoms with Crippen molar-refractivity contribution in [3.8, 4) is 11.4 Å². The number of carbonyl (C=O) groups is 1. The lowest BCUT2D eigenvalue weighted by Crippen LogP contribution is -2.47. The van der Waals surface area contributed by atoms with Crippen LogP contribution in [0.15, 0.2) is 49.1 Å². The highest BCUT2D eigenvalue weighted by molar-refractivity contribution is 6.08. The van der Waals surface area contributed by atoms with Crippen LogP contribution in [0.1, 0.15) is 36.0 Å². The Hall–Kier alpha value is -3.83. The van der Waals surface area contributed by atoms with Gasteiger partial charge in [0, 0.05) is 62.9 Å². The zero-order valence-corrected chi connectivity index (χ0v) is 20.9. The lowest BCUT2D eigenvalue weighted by Gasteiger charge is -2.36. The molecule has 0 atom stereocenters. The molecule has 0 unspecified atom stereocenters. The number of carbonyl (C=O) groups excluding carboxylic acids is 1. The van der Waals surface area contributed by atoms with Crippen LogP contribution in [-0.2, 0) is 11.8 Å². The molecule has 5 heterocycles. The molecule has 0 aliphatic carbocycles. The molecule has 0 radical (unpaired) electrons. The molecule has 2 saturated heterocycles. The third-order valence-electron chi connectivity index (χ3n) is 7.09. The topological polar surface area (TPSA) is 114 Å². The first kappa shape index (κ1) is 23.6. The van der Waals surface area contributed by atoms with E-state index in [-0.39, 0.29) is 5.91 Å². The number of aryl methyl sites for hydroxylation is 1. The van der Waals surface area contributed by atoms with Crippen LogP contribution in [0, 0.1) is 0 Å². The third kappa shape index (κ3) is 5.18. The second kappa shape index (κ2) is 10.3. The Morgan fingerprint density at radius 3 is 2.68 bits per heavy atom. The molecule has 3 aromatic heterocycles. The first-order chi connectivity index (χ1) is 18.1. The van der Waals surface area contributed by atoms with E-state index in [1.807, 2.05) is 43.6 Å². The van der Waals surface area contributed by atoms with Crippen LogP contribution in [-0.4, -0.2) is 73.7 Å². The average molecular weight is 502 g/mol. The lowest BCUT2D eigenvalue weighted by molar-refractivity contribution is 0.0738. The zero-order chi connectivity index (χ0) is 25.2. The van der Waals surface area contributed by atoms with Gasteiger partial charge in [-0.05, 0) is 43.9 Å². The Morgan fingerprint density at radius 1 is 1.08 bits per heavy atom. The van der Waals surface area contributed by atoms with Gasteiger partial charge in [-0.1, -0.05) is 12.1 Å². The Balaban J connectivity index is 1.14. The predicted octanol–water partition coefficient (Wildman–Crippen LogP) is 2.51. The number of hydrogen-bond donors (Lipinski definition) is 2. The Kier molecular flexibility index (Phi) is 6.54. The molecule has 2 fully saturated rings. The number of nitrogens with one attached hydrogen (secondary N) is 2. The average Bonchev–Trinajstić information content (AvgIpc) is 3.56. The van der Waals surface area contributed by atoms with Gasteiger partial charge in [0.25, 0.3) is 5.91 Å². The number of rotatable bonds is 6. The maximum atomic E-state index is 13.2. The number of nitrogens with zero attached hydrogens (tertiary/aromatic N) is 7. The minimum absolute atomic E-state index is 0.259. The van der Waals surface area contributed by atoms with E-state index < -0.39 is 0 Å². The van der Waals surface area contributed by atoms with Gasteiger partial charge in [0.2, 0.25) is 0 Å². The fourth-order valence-electron chi connectivity index (χ4n) is 5.07. The van der Waals surface area contributed by atoms with Crippen LogP contribution in [0.4, 0.5) is 11.5 Å². The molecular formula is C26H31N9O2. The SMILES string of the molecule is Cn1cnc(-c2cccc(NC(=O)c3cnn4ccc(N5CCC(NC6CCOCC6)CC5)nc34)c2)n1. The largest absolute Gasteiger partial charge is 0.381 e. The summed E-state index contributed by atoms with van der Waals surface area (Å²) in [5, 5.41) is 15.5. The molecule has 2 aliphatic rings. The predicted molar refractivity (Wildman–Crippen MR) is 140 cm³/mol. The molecule has 1 amide bonds. The molecule has 2 N–H and O–H groups in total. The van der Waals surface area contributed by atoms with Crippen molar-refractivity contribution in [2.24, 2.45) is 7.05 Å². The molecular weight excluding hydrogens is 470 g/mol. The number of ether oxygens (including phenoxy) is 1. The second-order valence-corrected chi connectivity index (χ2v) is 9.70. The van der Waals surface area contributed by atoms with Gasteiger partial charge in [0.15, 0.2) is 11.5 Å². The van der Waals surface area contributed by atoms with E-state index >= 15 is 0 Å². The number of piperidine rings is 1. The van der Waals surface area contributed by atoms with E-state index in [1.54, 1.807) is 21.7 Å². The van der Waals surface area contributed by atoms with Crippen LogP contribution in [0.25, 0.3) is 17.0 Å². The molecule has 11 nitrogen and oxygen atoms in total. The van der Waals surface area contributed by atoms with Gasteiger partial charge in [-0.3, -0.25) is 9.48 Å².